The van der Waals surface area contributed by atoms with E-state index in [0.29, 0.717) is 28.5 Å². The Bertz CT molecular complexity index is 1090. The lowest BCUT2D eigenvalue weighted by Crippen LogP contribution is -2.31. The van der Waals surface area contributed by atoms with Crippen molar-refractivity contribution < 1.29 is 19.1 Å². The van der Waals surface area contributed by atoms with Gasteiger partial charge >= 0.3 is 5.97 Å². The largest absolute Gasteiger partial charge is 0.461 e. The van der Waals surface area contributed by atoms with E-state index in [1.165, 1.54) is 0 Å². The molecule has 1 N–H and O–H groups in total. The predicted octanol–water partition coefficient (Wildman–Crippen LogP) is 4.28. The third-order valence-corrected chi connectivity index (χ3v) is 5.47. The fourth-order valence-corrected chi connectivity index (χ4v) is 3.70. The third-order valence-electron chi connectivity index (χ3n) is 5.22. The van der Waals surface area contributed by atoms with Gasteiger partial charge in [0.05, 0.1) is 24.1 Å². The number of aromatic nitrogens is 2. The number of nitrogens with one attached hydrogen (secondary N) is 1. The van der Waals surface area contributed by atoms with Gasteiger partial charge in [-0.05, 0) is 62.2 Å². The zero-order valence-electron chi connectivity index (χ0n) is 17.7. The summed E-state index contributed by atoms with van der Waals surface area (Å²) in [5, 5.41) is 7.98. The van der Waals surface area contributed by atoms with E-state index < -0.39 is 5.97 Å². The molecular formula is C24H24ClN3O4. The number of ether oxygens (including phenoxy) is 2. The molecule has 0 radical (unpaired) electrons. The van der Waals surface area contributed by atoms with Crippen molar-refractivity contribution in [1.29, 1.82) is 0 Å². The summed E-state index contributed by atoms with van der Waals surface area (Å²) in [6, 6.07) is 16.0. The highest BCUT2D eigenvalue weighted by Gasteiger charge is 2.19. The summed E-state index contributed by atoms with van der Waals surface area (Å²) in [6.45, 7) is 3.27. The number of hydrogen-bond acceptors (Lipinski definition) is 5. The van der Waals surface area contributed by atoms with Crippen LogP contribution in [0.25, 0.3) is 16.9 Å². The molecule has 1 amide bonds. The number of amides is 1. The van der Waals surface area contributed by atoms with E-state index in [2.05, 4.69) is 10.4 Å². The summed E-state index contributed by atoms with van der Waals surface area (Å²) in [5.41, 5.74) is 3.00. The van der Waals surface area contributed by atoms with Gasteiger partial charge in [-0.25, -0.2) is 9.48 Å². The molecule has 1 aromatic heterocycles. The lowest BCUT2D eigenvalue weighted by molar-refractivity contribution is 0.0519. The second-order valence-electron chi connectivity index (χ2n) is 7.45. The molecule has 1 atom stereocenters. The first-order valence-electron chi connectivity index (χ1n) is 10.6. The maximum atomic E-state index is 12.5. The summed E-state index contributed by atoms with van der Waals surface area (Å²) in [6.07, 6.45) is 2.09. The first-order valence-corrected chi connectivity index (χ1v) is 11.0. The van der Waals surface area contributed by atoms with Crippen LogP contribution in [0, 0.1) is 0 Å². The van der Waals surface area contributed by atoms with E-state index in [1.54, 1.807) is 54.1 Å². The normalized spacial score (nSPS) is 15.5. The van der Waals surface area contributed by atoms with Gasteiger partial charge in [-0.15, -0.1) is 0 Å². The smallest absolute Gasteiger partial charge is 0.358 e. The average molecular weight is 454 g/mol. The van der Waals surface area contributed by atoms with Crippen LogP contribution in [-0.4, -0.2) is 47.5 Å². The SMILES string of the molecule is CCOC(=O)c1cc(-c2ccc(Cl)cc2)n(-c2ccc(C(=O)NCC3CCCO3)cc2)n1. The summed E-state index contributed by atoms with van der Waals surface area (Å²) < 4.78 is 12.3. The van der Waals surface area contributed by atoms with Gasteiger partial charge in [-0.1, -0.05) is 23.7 Å². The minimum Gasteiger partial charge on any atom is -0.461 e. The first kappa shape index (κ1) is 22.0. The second-order valence-corrected chi connectivity index (χ2v) is 7.88. The van der Waals surface area contributed by atoms with Crippen LogP contribution in [0.5, 0.6) is 0 Å². The fraction of sp³-hybridized carbons (Fsp3) is 0.292. The average Bonchev–Trinajstić information content (AvgIpc) is 3.49. The van der Waals surface area contributed by atoms with E-state index in [0.717, 1.165) is 25.0 Å². The van der Waals surface area contributed by atoms with Crippen LogP contribution in [-0.2, 0) is 9.47 Å². The summed E-state index contributed by atoms with van der Waals surface area (Å²) in [7, 11) is 0. The number of hydrogen-bond donors (Lipinski definition) is 1. The molecule has 0 spiro atoms. The van der Waals surface area contributed by atoms with E-state index in [9.17, 15) is 9.59 Å². The Hall–Kier alpha value is -3.16. The van der Waals surface area contributed by atoms with Gasteiger partial charge in [0, 0.05) is 29.3 Å². The predicted molar refractivity (Wildman–Crippen MR) is 121 cm³/mol. The van der Waals surface area contributed by atoms with Crippen molar-refractivity contribution in [3.05, 3.63) is 70.9 Å². The van der Waals surface area contributed by atoms with Gasteiger partial charge < -0.3 is 14.8 Å². The Kier molecular flexibility index (Phi) is 6.87. The number of carbonyl (C=O) groups excluding carboxylic acids is 2. The van der Waals surface area contributed by atoms with Crippen molar-refractivity contribution in [2.45, 2.75) is 25.9 Å². The molecule has 4 rings (SSSR count). The van der Waals surface area contributed by atoms with Gasteiger partial charge in [-0.2, -0.15) is 5.10 Å². The molecular weight excluding hydrogens is 430 g/mol. The van der Waals surface area contributed by atoms with Crippen LogP contribution in [0.3, 0.4) is 0 Å². The van der Waals surface area contributed by atoms with Gasteiger partial charge in [0.25, 0.3) is 5.91 Å². The van der Waals surface area contributed by atoms with E-state index in [-0.39, 0.29) is 24.3 Å². The highest BCUT2D eigenvalue weighted by atomic mass is 35.5. The van der Waals surface area contributed by atoms with Gasteiger partial charge in [0.15, 0.2) is 5.69 Å². The molecule has 1 aliphatic rings. The molecule has 32 heavy (non-hydrogen) atoms. The van der Waals surface area contributed by atoms with E-state index in [1.807, 2.05) is 12.1 Å². The molecule has 0 saturated carbocycles. The third kappa shape index (κ3) is 5.00. The standard InChI is InChI=1S/C24H24ClN3O4/c1-2-31-24(30)21-14-22(16-5-9-18(25)10-6-16)28(27-21)19-11-7-17(8-12-19)23(29)26-15-20-4-3-13-32-20/h5-12,14,20H,2-4,13,15H2,1H3,(H,26,29). The molecule has 1 aliphatic heterocycles. The highest BCUT2D eigenvalue weighted by molar-refractivity contribution is 6.30. The van der Waals surface area contributed by atoms with Crippen molar-refractivity contribution in [2.24, 2.45) is 0 Å². The molecule has 7 nitrogen and oxygen atoms in total. The fourth-order valence-electron chi connectivity index (χ4n) is 3.58. The summed E-state index contributed by atoms with van der Waals surface area (Å²) in [5.74, 6) is -0.649. The highest BCUT2D eigenvalue weighted by Crippen LogP contribution is 2.26. The van der Waals surface area contributed by atoms with Crippen LogP contribution in [0.2, 0.25) is 5.02 Å². The quantitative estimate of drug-likeness (QED) is 0.540. The number of halogens is 1. The van der Waals surface area contributed by atoms with Gasteiger partial charge in [-0.3, -0.25) is 4.79 Å². The van der Waals surface area contributed by atoms with Crippen molar-refractivity contribution >= 4 is 23.5 Å². The van der Waals surface area contributed by atoms with Gasteiger partial charge in [0.2, 0.25) is 0 Å². The van der Waals surface area contributed by atoms with Crippen molar-refractivity contribution in [3.8, 4) is 16.9 Å². The number of nitrogens with zero attached hydrogens (tertiary/aromatic N) is 2. The topological polar surface area (TPSA) is 82.5 Å². The van der Waals surface area contributed by atoms with Crippen LogP contribution in [0.4, 0.5) is 0 Å². The molecule has 8 heteroatoms. The molecule has 0 aliphatic carbocycles. The van der Waals surface area contributed by atoms with Crippen molar-refractivity contribution in [2.75, 3.05) is 19.8 Å². The van der Waals surface area contributed by atoms with Crippen LogP contribution < -0.4 is 5.32 Å². The van der Waals surface area contributed by atoms with Crippen LogP contribution in [0.15, 0.2) is 54.6 Å². The number of carbonyl (C=O) groups is 2. The molecule has 3 aromatic rings. The molecule has 1 unspecified atom stereocenters. The Morgan fingerprint density at radius 1 is 1.19 bits per heavy atom. The van der Waals surface area contributed by atoms with Crippen molar-refractivity contribution in [3.63, 3.8) is 0 Å². The monoisotopic (exact) mass is 453 g/mol. The Morgan fingerprint density at radius 3 is 2.59 bits per heavy atom. The number of esters is 1. The lowest BCUT2D eigenvalue weighted by Gasteiger charge is -2.12. The molecule has 1 saturated heterocycles. The second kappa shape index (κ2) is 9.97. The zero-order chi connectivity index (χ0) is 22.5. The Morgan fingerprint density at radius 2 is 1.94 bits per heavy atom. The minimum absolute atomic E-state index is 0.0885. The summed E-state index contributed by atoms with van der Waals surface area (Å²) in [4.78, 5) is 24.7. The van der Waals surface area contributed by atoms with E-state index >= 15 is 0 Å². The minimum atomic E-state index is -0.494. The molecule has 2 aromatic carbocycles. The van der Waals surface area contributed by atoms with Crippen molar-refractivity contribution in [1.82, 2.24) is 15.1 Å². The van der Waals surface area contributed by atoms with Gasteiger partial charge in [0.1, 0.15) is 0 Å². The number of benzene rings is 2. The summed E-state index contributed by atoms with van der Waals surface area (Å²) >= 11 is 6.02. The maximum absolute atomic E-state index is 12.5. The maximum Gasteiger partial charge on any atom is 0.358 e. The van der Waals surface area contributed by atoms with Crippen LogP contribution in [0.1, 0.15) is 40.6 Å². The van der Waals surface area contributed by atoms with E-state index in [4.69, 9.17) is 21.1 Å². The molecule has 166 valence electrons. The molecule has 1 fully saturated rings. The molecule has 0 bridgehead atoms. The number of rotatable bonds is 7. The zero-order valence-corrected chi connectivity index (χ0v) is 18.5. The Labute approximate surface area is 191 Å². The lowest BCUT2D eigenvalue weighted by atomic mass is 10.1. The Balaban J connectivity index is 1.59. The molecule has 2 heterocycles. The first-order chi connectivity index (χ1) is 15.5. The van der Waals surface area contributed by atoms with Crippen LogP contribution >= 0.6 is 11.6 Å².